The van der Waals surface area contributed by atoms with Crippen LogP contribution in [0.5, 0.6) is 0 Å². The molecule has 0 unspecified atom stereocenters. The molecular formula is C20H21N3O2. The minimum Gasteiger partial charge on any atom is -0.347 e. The standard InChI is InChI=1S/C20H21N3O2/c1-13-5-4-6-17(9-13)20-22-19(25-23-20)12-21-18(24)11-16-8-7-14(2)15(3)10-16/h4-10H,11-12H2,1-3H3,(H,21,24). The van der Waals surface area contributed by atoms with Crippen LogP contribution in [0.1, 0.15) is 28.1 Å². The van der Waals surface area contributed by atoms with E-state index in [1.54, 1.807) is 0 Å². The summed E-state index contributed by atoms with van der Waals surface area (Å²) in [5.74, 6) is 0.852. The summed E-state index contributed by atoms with van der Waals surface area (Å²) in [7, 11) is 0. The van der Waals surface area contributed by atoms with Crippen LogP contribution in [-0.2, 0) is 17.8 Å². The van der Waals surface area contributed by atoms with Crippen LogP contribution in [0.15, 0.2) is 47.0 Å². The van der Waals surface area contributed by atoms with Crippen molar-refractivity contribution in [3.63, 3.8) is 0 Å². The van der Waals surface area contributed by atoms with Crippen LogP contribution >= 0.6 is 0 Å². The van der Waals surface area contributed by atoms with Crippen LogP contribution in [0.2, 0.25) is 0 Å². The van der Waals surface area contributed by atoms with E-state index in [4.69, 9.17) is 4.52 Å². The van der Waals surface area contributed by atoms with Gasteiger partial charge in [-0.1, -0.05) is 47.1 Å². The normalized spacial score (nSPS) is 10.7. The summed E-state index contributed by atoms with van der Waals surface area (Å²) < 4.78 is 5.22. The molecule has 0 saturated carbocycles. The van der Waals surface area contributed by atoms with Crippen LogP contribution in [-0.4, -0.2) is 16.0 Å². The Kier molecular flexibility index (Phi) is 4.93. The third-order valence-electron chi connectivity index (χ3n) is 4.12. The first-order valence-electron chi connectivity index (χ1n) is 8.24. The van der Waals surface area contributed by atoms with E-state index in [9.17, 15) is 4.79 Å². The topological polar surface area (TPSA) is 68.0 Å². The first-order chi connectivity index (χ1) is 12.0. The number of carbonyl (C=O) groups excluding carboxylic acids is 1. The summed E-state index contributed by atoms with van der Waals surface area (Å²) in [4.78, 5) is 16.4. The molecule has 128 valence electrons. The highest BCUT2D eigenvalue weighted by atomic mass is 16.5. The van der Waals surface area contributed by atoms with E-state index >= 15 is 0 Å². The van der Waals surface area contributed by atoms with Gasteiger partial charge in [0.05, 0.1) is 13.0 Å². The second-order valence-electron chi connectivity index (χ2n) is 6.25. The maximum absolute atomic E-state index is 12.1. The van der Waals surface area contributed by atoms with Gasteiger partial charge in [-0.2, -0.15) is 4.98 Å². The van der Waals surface area contributed by atoms with Crippen LogP contribution < -0.4 is 5.32 Å². The van der Waals surface area contributed by atoms with E-state index < -0.39 is 0 Å². The molecule has 1 heterocycles. The number of hydrogen-bond acceptors (Lipinski definition) is 4. The Morgan fingerprint density at radius 1 is 1.08 bits per heavy atom. The van der Waals surface area contributed by atoms with Gasteiger partial charge in [0.15, 0.2) is 0 Å². The first-order valence-corrected chi connectivity index (χ1v) is 8.24. The zero-order valence-electron chi connectivity index (χ0n) is 14.7. The lowest BCUT2D eigenvalue weighted by atomic mass is 10.0. The summed E-state index contributed by atoms with van der Waals surface area (Å²) >= 11 is 0. The number of carbonyl (C=O) groups is 1. The van der Waals surface area contributed by atoms with Crippen molar-refractivity contribution in [3.05, 3.63) is 70.6 Å². The predicted molar refractivity (Wildman–Crippen MR) is 95.9 cm³/mol. The molecule has 3 rings (SSSR count). The van der Waals surface area contributed by atoms with Gasteiger partial charge >= 0.3 is 0 Å². The molecule has 1 amide bonds. The third-order valence-corrected chi connectivity index (χ3v) is 4.12. The molecule has 1 aromatic heterocycles. The minimum absolute atomic E-state index is 0.0708. The summed E-state index contributed by atoms with van der Waals surface area (Å²) in [6, 6.07) is 13.9. The number of nitrogens with one attached hydrogen (secondary N) is 1. The fourth-order valence-corrected chi connectivity index (χ4v) is 2.56. The lowest BCUT2D eigenvalue weighted by Gasteiger charge is -2.05. The van der Waals surface area contributed by atoms with E-state index in [0.29, 0.717) is 18.1 Å². The largest absolute Gasteiger partial charge is 0.347 e. The number of nitrogens with zero attached hydrogens (tertiary/aromatic N) is 2. The molecule has 1 N–H and O–H groups in total. The maximum Gasteiger partial charge on any atom is 0.246 e. The van der Waals surface area contributed by atoms with Gasteiger partial charge in [-0.15, -0.1) is 0 Å². The molecule has 0 aliphatic carbocycles. The molecule has 0 fully saturated rings. The van der Waals surface area contributed by atoms with Crippen molar-refractivity contribution >= 4 is 5.91 Å². The Bertz CT molecular complexity index is 899. The van der Waals surface area contributed by atoms with E-state index in [1.165, 1.54) is 11.1 Å². The zero-order chi connectivity index (χ0) is 17.8. The van der Waals surface area contributed by atoms with Crippen LogP contribution in [0.25, 0.3) is 11.4 Å². The summed E-state index contributed by atoms with van der Waals surface area (Å²) in [6.07, 6.45) is 0.333. The lowest BCUT2D eigenvalue weighted by Crippen LogP contribution is -2.24. The molecule has 0 spiro atoms. The van der Waals surface area contributed by atoms with Crippen LogP contribution in [0.3, 0.4) is 0 Å². The van der Waals surface area contributed by atoms with Gasteiger partial charge in [0.2, 0.25) is 17.6 Å². The van der Waals surface area contributed by atoms with Crippen molar-refractivity contribution < 1.29 is 9.32 Å². The van der Waals surface area contributed by atoms with Gasteiger partial charge in [0.1, 0.15) is 0 Å². The molecule has 0 saturated heterocycles. The Morgan fingerprint density at radius 2 is 1.92 bits per heavy atom. The average molecular weight is 335 g/mol. The maximum atomic E-state index is 12.1. The van der Waals surface area contributed by atoms with Crippen molar-refractivity contribution in [1.82, 2.24) is 15.5 Å². The number of aryl methyl sites for hydroxylation is 3. The quantitative estimate of drug-likeness (QED) is 0.774. The highest BCUT2D eigenvalue weighted by molar-refractivity contribution is 5.78. The molecule has 5 heteroatoms. The summed E-state index contributed by atoms with van der Waals surface area (Å²) in [5, 5.41) is 6.80. The van der Waals surface area contributed by atoms with Crippen molar-refractivity contribution in [2.24, 2.45) is 0 Å². The molecule has 3 aromatic rings. The van der Waals surface area contributed by atoms with E-state index in [0.717, 1.165) is 16.7 Å². The highest BCUT2D eigenvalue weighted by Crippen LogP contribution is 2.17. The highest BCUT2D eigenvalue weighted by Gasteiger charge is 2.10. The van der Waals surface area contributed by atoms with Gasteiger partial charge in [-0.25, -0.2) is 0 Å². The second kappa shape index (κ2) is 7.30. The van der Waals surface area contributed by atoms with E-state index in [2.05, 4.69) is 22.4 Å². The Morgan fingerprint density at radius 3 is 2.68 bits per heavy atom. The molecular weight excluding hydrogens is 314 g/mol. The van der Waals surface area contributed by atoms with Crippen molar-refractivity contribution in [3.8, 4) is 11.4 Å². The van der Waals surface area contributed by atoms with Crippen molar-refractivity contribution in [1.29, 1.82) is 0 Å². The first kappa shape index (κ1) is 16.9. The molecule has 25 heavy (non-hydrogen) atoms. The van der Waals surface area contributed by atoms with Gasteiger partial charge in [-0.05, 0) is 43.5 Å². The van der Waals surface area contributed by atoms with Gasteiger partial charge in [0.25, 0.3) is 0 Å². The SMILES string of the molecule is Cc1cccc(-c2noc(CNC(=O)Cc3ccc(C)c(C)c3)n2)c1. The summed E-state index contributed by atoms with van der Waals surface area (Å²) in [5.41, 5.74) is 5.43. The molecule has 0 radical (unpaired) electrons. The van der Waals surface area contributed by atoms with Crippen LogP contribution in [0.4, 0.5) is 0 Å². The Balaban J connectivity index is 1.58. The number of rotatable bonds is 5. The molecule has 0 atom stereocenters. The monoisotopic (exact) mass is 335 g/mol. The Hall–Kier alpha value is -2.95. The van der Waals surface area contributed by atoms with E-state index in [-0.39, 0.29) is 12.5 Å². The smallest absolute Gasteiger partial charge is 0.246 e. The molecule has 0 aliphatic heterocycles. The van der Waals surface area contributed by atoms with Gasteiger partial charge in [-0.3, -0.25) is 4.79 Å². The Labute approximate surface area is 147 Å². The van der Waals surface area contributed by atoms with Crippen molar-refractivity contribution in [2.45, 2.75) is 33.7 Å². The zero-order valence-corrected chi connectivity index (χ0v) is 14.7. The third kappa shape index (κ3) is 4.32. The predicted octanol–water partition coefficient (Wildman–Crippen LogP) is 3.52. The molecule has 2 aromatic carbocycles. The minimum atomic E-state index is -0.0708. The lowest BCUT2D eigenvalue weighted by molar-refractivity contribution is -0.120. The van der Waals surface area contributed by atoms with Gasteiger partial charge < -0.3 is 9.84 Å². The number of aromatic nitrogens is 2. The summed E-state index contributed by atoms with van der Waals surface area (Å²) in [6.45, 7) is 6.34. The molecule has 5 nitrogen and oxygen atoms in total. The van der Waals surface area contributed by atoms with Crippen LogP contribution in [0, 0.1) is 20.8 Å². The fraction of sp³-hybridized carbons (Fsp3) is 0.250. The van der Waals surface area contributed by atoms with E-state index in [1.807, 2.05) is 56.3 Å². The number of hydrogen-bond donors (Lipinski definition) is 1. The van der Waals surface area contributed by atoms with Gasteiger partial charge in [0, 0.05) is 5.56 Å². The second-order valence-corrected chi connectivity index (χ2v) is 6.25. The number of benzene rings is 2. The fourth-order valence-electron chi connectivity index (χ4n) is 2.56. The molecule has 0 aliphatic rings. The molecule has 0 bridgehead atoms. The number of amides is 1. The van der Waals surface area contributed by atoms with Crippen molar-refractivity contribution in [2.75, 3.05) is 0 Å². The average Bonchev–Trinajstić information content (AvgIpc) is 3.05.